The molecule has 0 aliphatic rings. The molecule has 0 aromatic carbocycles. The number of carboxylic acid groups (broad SMARTS) is 1. The number of aryl methyl sites for hydroxylation is 1. The number of nitrogens with zero attached hydrogens (tertiary/aromatic N) is 3. The summed E-state index contributed by atoms with van der Waals surface area (Å²) in [5.74, 6) is -0.727. The minimum absolute atomic E-state index is 0.0447. The average Bonchev–Trinajstić information content (AvgIpc) is 2.73. The maximum Gasteiger partial charge on any atom is 0.354 e. The zero-order chi connectivity index (χ0) is 13.1. The van der Waals surface area contributed by atoms with Gasteiger partial charge >= 0.3 is 5.97 Å². The van der Waals surface area contributed by atoms with E-state index >= 15 is 0 Å². The Labute approximate surface area is 103 Å². The maximum absolute atomic E-state index is 10.8. The summed E-state index contributed by atoms with van der Waals surface area (Å²) in [5, 5.41) is 15.9. The van der Waals surface area contributed by atoms with Crippen LogP contribution in [-0.2, 0) is 13.6 Å². The average molecular weight is 247 g/mol. The lowest BCUT2D eigenvalue weighted by Gasteiger charge is -2.09. The predicted octanol–water partition coefficient (Wildman–Crippen LogP) is 0.708. The molecule has 7 nitrogen and oxygen atoms in total. The van der Waals surface area contributed by atoms with Crippen LogP contribution in [-0.4, -0.2) is 25.8 Å². The third-order valence-corrected chi connectivity index (χ3v) is 2.50. The number of nitrogen functional groups attached to an aromatic ring is 1. The van der Waals surface area contributed by atoms with Crippen LogP contribution in [0.5, 0.6) is 0 Å². The normalized spacial score (nSPS) is 10.3. The maximum atomic E-state index is 10.8. The Hall–Kier alpha value is -2.57. The Morgan fingerprint density at radius 3 is 2.89 bits per heavy atom. The molecule has 0 radical (unpaired) electrons. The fourth-order valence-electron chi connectivity index (χ4n) is 1.48. The van der Waals surface area contributed by atoms with Crippen molar-refractivity contribution in [3.63, 3.8) is 0 Å². The lowest BCUT2D eigenvalue weighted by Crippen LogP contribution is -2.10. The molecule has 0 unspecified atom stereocenters. The van der Waals surface area contributed by atoms with Gasteiger partial charge in [0, 0.05) is 13.2 Å². The van der Waals surface area contributed by atoms with Crippen molar-refractivity contribution in [3.8, 4) is 0 Å². The minimum atomic E-state index is -1.08. The quantitative estimate of drug-likeness (QED) is 0.734. The molecule has 0 spiro atoms. The fraction of sp³-hybridized carbons (Fsp3) is 0.182. The van der Waals surface area contributed by atoms with Gasteiger partial charge in [0.1, 0.15) is 0 Å². The summed E-state index contributed by atoms with van der Waals surface area (Å²) >= 11 is 0. The van der Waals surface area contributed by atoms with Gasteiger partial charge in [-0.2, -0.15) is 5.10 Å². The number of carbonyl (C=O) groups is 1. The van der Waals surface area contributed by atoms with Crippen molar-refractivity contribution in [1.82, 2.24) is 14.8 Å². The highest BCUT2D eigenvalue weighted by Gasteiger charge is 2.08. The molecule has 18 heavy (non-hydrogen) atoms. The van der Waals surface area contributed by atoms with Crippen molar-refractivity contribution in [2.45, 2.75) is 6.54 Å². The second kappa shape index (κ2) is 4.74. The predicted molar refractivity (Wildman–Crippen MR) is 66.1 cm³/mol. The van der Waals surface area contributed by atoms with Crippen LogP contribution in [0, 0.1) is 0 Å². The zero-order valence-corrected chi connectivity index (χ0v) is 9.79. The molecule has 2 aromatic rings. The SMILES string of the molecule is Cn1nccc1CNc1nc(C(=O)O)ccc1N. The lowest BCUT2D eigenvalue weighted by atomic mass is 10.3. The highest BCUT2D eigenvalue weighted by molar-refractivity contribution is 5.86. The van der Waals surface area contributed by atoms with E-state index in [0.29, 0.717) is 18.1 Å². The summed E-state index contributed by atoms with van der Waals surface area (Å²) < 4.78 is 1.71. The van der Waals surface area contributed by atoms with Gasteiger partial charge in [0.25, 0.3) is 0 Å². The van der Waals surface area contributed by atoms with Crippen LogP contribution < -0.4 is 11.1 Å². The molecule has 0 aliphatic heterocycles. The Morgan fingerprint density at radius 1 is 1.50 bits per heavy atom. The number of pyridine rings is 1. The van der Waals surface area contributed by atoms with E-state index < -0.39 is 5.97 Å². The highest BCUT2D eigenvalue weighted by atomic mass is 16.4. The van der Waals surface area contributed by atoms with E-state index in [1.165, 1.54) is 12.1 Å². The molecule has 7 heteroatoms. The number of nitrogens with two attached hydrogens (primary N) is 1. The van der Waals surface area contributed by atoms with Gasteiger partial charge in [-0.05, 0) is 18.2 Å². The molecule has 0 bridgehead atoms. The molecule has 0 saturated carbocycles. The van der Waals surface area contributed by atoms with Crippen LogP contribution in [0.4, 0.5) is 11.5 Å². The summed E-state index contributed by atoms with van der Waals surface area (Å²) in [6.07, 6.45) is 1.68. The fourth-order valence-corrected chi connectivity index (χ4v) is 1.48. The number of hydrogen-bond donors (Lipinski definition) is 3. The summed E-state index contributed by atoms with van der Waals surface area (Å²) in [7, 11) is 1.82. The molecule has 0 amide bonds. The van der Waals surface area contributed by atoms with Crippen molar-refractivity contribution in [3.05, 3.63) is 35.8 Å². The third-order valence-electron chi connectivity index (χ3n) is 2.50. The van der Waals surface area contributed by atoms with Gasteiger partial charge in [0.05, 0.1) is 17.9 Å². The molecule has 0 saturated heterocycles. The van der Waals surface area contributed by atoms with E-state index in [0.717, 1.165) is 5.69 Å². The van der Waals surface area contributed by atoms with Crippen molar-refractivity contribution in [2.75, 3.05) is 11.1 Å². The molecule has 94 valence electrons. The van der Waals surface area contributed by atoms with Gasteiger partial charge in [0.15, 0.2) is 11.5 Å². The van der Waals surface area contributed by atoms with E-state index in [2.05, 4.69) is 15.4 Å². The second-order valence-electron chi connectivity index (χ2n) is 3.74. The summed E-state index contributed by atoms with van der Waals surface area (Å²) in [4.78, 5) is 14.7. The van der Waals surface area contributed by atoms with Gasteiger partial charge < -0.3 is 16.2 Å². The van der Waals surface area contributed by atoms with E-state index in [4.69, 9.17) is 10.8 Å². The first-order valence-electron chi connectivity index (χ1n) is 5.28. The Balaban J connectivity index is 2.16. The number of anilines is 2. The van der Waals surface area contributed by atoms with Crippen molar-refractivity contribution in [1.29, 1.82) is 0 Å². The number of aromatic carboxylic acids is 1. The number of nitrogens with one attached hydrogen (secondary N) is 1. The first-order chi connectivity index (χ1) is 8.58. The Bertz CT molecular complexity index is 579. The molecule has 2 rings (SSSR count). The lowest BCUT2D eigenvalue weighted by molar-refractivity contribution is 0.0690. The smallest absolute Gasteiger partial charge is 0.354 e. The zero-order valence-electron chi connectivity index (χ0n) is 9.79. The molecular weight excluding hydrogens is 234 g/mol. The van der Waals surface area contributed by atoms with E-state index in [1.807, 2.05) is 13.1 Å². The number of aromatic nitrogens is 3. The minimum Gasteiger partial charge on any atom is -0.477 e. The topological polar surface area (TPSA) is 106 Å². The van der Waals surface area contributed by atoms with Crippen LogP contribution in [0.3, 0.4) is 0 Å². The van der Waals surface area contributed by atoms with Crippen molar-refractivity contribution >= 4 is 17.5 Å². The number of carboxylic acids is 1. The molecule has 2 heterocycles. The Morgan fingerprint density at radius 2 is 2.28 bits per heavy atom. The van der Waals surface area contributed by atoms with Crippen molar-refractivity contribution < 1.29 is 9.90 Å². The van der Waals surface area contributed by atoms with Gasteiger partial charge in [-0.25, -0.2) is 9.78 Å². The number of rotatable bonds is 4. The number of hydrogen-bond acceptors (Lipinski definition) is 5. The van der Waals surface area contributed by atoms with Gasteiger partial charge in [-0.3, -0.25) is 4.68 Å². The second-order valence-corrected chi connectivity index (χ2v) is 3.74. The van der Waals surface area contributed by atoms with E-state index in [9.17, 15) is 4.79 Å². The van der Waals surface area contributed by atoms with Gasteiger partial charge in [-0.1, -0.05) is 0 Å². The molecule has 0 fully saturated rings. The van der Waals surface area contributed by atoms with Crippen LogP contribution in [0.15, 0.2) is 24.4 Å². The largest absolute Gasteiger partial charge is 0.477 e. The highest BCUT2D eigenvalue weighted by Crippen LogP contribution is 2.16. The summed E-state index contributed by atoms with van der Waals surface area (Å²) in [6, 6.07) is 4.74. The van der Waals surface area contributed by atoms with Crippen LogP contribution >= 0.6 is 0 Å². The standard InChI is InChI=1S/C11H13N5O2/c1-16-7(4-5-14-16)6-13-10-8(12)2-3-9(15-10)11(17)18/h2-5H,6,12H2,1H3,(H,13,15)(H,17,18). The van der Waals surface area contributed by atoms with Crippen molar-refractivity contribution in [2.24, 2.45) is 7.05 Å². The van der Waals surface area contributed by atoms with Gasteiger partial charge in [0.2, 0.25) is 0 Å². The van der Waals surface area contributed by atoms with Gasteiger partial charge in [-0.15, -0.1) is 0 Å². The van der Waals surface area contributed by atoms with E-state index in [-0.39, 0.29) is 5.69 Å². The monoisotopic (exact) mass is 247 g/mol. The molecule has 0 atom stereocenters. The van der Waals surface area contributed by atoms with Crippen LogP contribution in [0.25, 0.3) is 0 Å². The first kappa shape index (κ1) is 11.9. The summed E-state index contributed by atoms with van der Waals surface area (Å²) in [6.45, 7) is 0.469. The molecule has 4 N–H and O–H groups in total. The molecule has 2 aromatic heterocycles. The molecular formula is C11H13N5O2. The Kier molecular flexibility index (Phi) is 3.13. The van der Waals surface area contributed by atoms with E-state index in [1.54, 1.807) is 10.9 Å². The first-order valence-corrected chi connectivity index (χ1v) is 5.28. The molecule has 0 aliphatic carbocycles. The van der Waals surface area contributed by atoms with Crippen LogP contribution in [0.1, 0.15) is 16.2 Å². The third kappa shape index (κ3) is 2.40. The van der Waals surface area contributed by atoms with Crippen LogP contribution in [0.2, 0.25) is 0 Å². The summed E-state index contributed by atoms with van der Waals surface area (Å²) in [5.41, 5.74) is 7.03.